The van der Waals surface area contributed by atoms with Crippen molar-refractivity contribution in [2.24, 2.45) is 0 Å². The average Bonchev–Trinajstić information content (AvgIpc) is 3.34. The zero-order valence-corrected chi connectivity index (χ0v) is 16.6. The molecule has 136 valence electrons. The first-order valence-electron chi connectivity index (χ1n) is 8.13. The number of nitrogens with zero attached hydrogens (tertiary/aromatic N) is 2. The van der Waals surface area contributed by atoms with Crippen LogP contribution >= 0.6 is 34.5 Å². The molecule has 0 unspecified atom stereocenters. The molecule has 0 radical (unpaired) electrons. The Morgan fingerprint density at radius 3 is 2.59 bits per heavy atom. The predicted octanol–water partition coefficient (Wildman–Crippen LogP) is 6.66. The van der Waals surface area contributed by atoms with Crippen LogP contribution in [0.4, 0.5) is 10.8 Å². The van der Waals surface area contributed by atoms with Crippen LogP contribution in [0.1, 0.15) is 0 Å². The molecule has 0 atom stereocenters. The summed E-state index contributed by atoms with van der Waals surface area (Å²) in [6, 6.07) is 15.4. The number of halogens is 2. The Morgan fingerprint density at radius 2 is 1.85 bits per heavy atom. The van der Waals surface area contributed by atoms with E-state index in [0.29, 0.717) is 15.8 Å². The molecule has 4 aromatic rings. The van der Waals surface area contributed by atoms with Crippen LogP contribution in [0.3, 0.4) is 0 Å². The van der Waals surface area contributed by atoms with E-state index in [4.69, 9.17) is 27.9 Å². The minimum Gasteiger partial charge on any atom is -0.495 e. The van der Waals surface area contributed by atoms with Crippen molar-refractivity contribution in [3.05, 3.63) is 76.3 Å². The zero-order chi connectivity index (χ0) is 18.8. The lowest BCUT2D eigenvalue weighted by Crippen LogP contribution is -1.93. The Morgan fingerprint density at radius 1 is 1.04 bits per heavy atom. The standard InChI is InChI=1S/C20H15Cl2N3OS/c1-26-19-7-5-14(11-16(19)22)23-20-24-17(12-27-20)13-4-6-15(21)18(10-13)25-8-2-3-9-25/h2-12H,1H3,(H,23,24). The Balaban J connectivity index is 1.59. The summed E-state index contributed by atoms with van der Waals surface area (Å²) >= 11 is 14.1. The molecule has 2 aromatic heterocycles. The molecule has 0 aliphatic heterocycles. The molecule has 2 aromatic carbocycles. The number of hydrogen-bond acceptors (Lipinski definition) is 4. The first-order chi connectivity index (χ1) is 13.1. The molecule has 4 rings (SSSR count). The van der Waals surface area contributed by atoms with Crippen LogP contribution in [0.5, 0.6) is 5.75 Å². The van der Waals surface area contributed by atoms with Gasteiger partial charge in [0.1, 0.15) is 5.75 Å². The van der Waals surface area contributed by atoms with Crippen molar-refractivity contribution in [2.75, 3.05) is 12.4 Å². The third-order valence-corrected chi connectivity index (χ3v) is 5.40. The van der Waals surface area contributed by atoms with Gasteiger partial charge < -0.3 is 14.6 Å². The van der Waals surface area contributed by atoms with Gasteiger partial charge in [0.2, 0.25) is 0 Å². The van der Waals surface area contributed by atoms with E-state index in [0.717, 1.165) is 27.8 Å². The lowest BCUT2D eigenvalue weighted by atomic mass is 10.1. The fourth-order valence-electron chi connectivity index (χ4n) is 2.70. The summed E-state index contributed by atoms with van der Waals surface area (Å²) in [5.41, 5.74) is 3.65. The van der Waals surface area contributed by atoms with Crippen molar-refractivity contribution in [1.82, 2.24) is 9.55 Å². The van der Waals surface area contributed by atoms with Gasteiger partial charge in [-0.3, -0.25) is 0 Å². The molecule has 0 aliphatic carbocycles. The normalized spacial score (nSPS) is 10.8. The molecule has 4 nitrogen and oxygen atoms in total. The van der Waals surface area contributed by atoms with Crippen molar-refractivity contribution >= 4 is 45.4 Å². The van der Waals surface area contributed by atoms with Crippen molar-refractivity contribution in [3.63, 3.8) is 0 Å². The van der Waals surface area contributed by atoms with E-state index in [2.05, 4.69) is 10.3 Å². The van der Waals surface area contributed by atoms with E-state index in [-0.39, 0.29) is 0 Å². The molecule has 0 bridgehead atoms. The second-order valence-electron chi connectivity index (χ2n) is 5.77. The fraction of sp³-hybridized carbons (Fsp3) is 0.0500. The lowest BCUT2D eigenvalue weighted by Gasteiger charge is -2.08. The Hall–Kier alpha value is -2.47. The number of benzene rings is 2. The van der Waals surface area contributed by atoms with Gasteiger partial charge in [0, 0.05) is 29.0 Å². The van der Waals surface area contributed by atoms with Crippen molar-refractivity contribution in [2.45, 2.75) is 0 Å². The second-order valence-corrected chi connectivity index (χ2v) is 7.44. The Labute approximate surface area is 171 Å². The highest BCUT2D eigenvalue weighted by Gasteiger charge is 2.10. The zero-order valence-electron chi connectivity index (χ0n) is 14.3. The van der Waals surface area contributed by atoms with Gasteiger partial charge >= 0.3 is 0 Å². The average molecular weight is 416 g/mol. The fourth-order valence-corrected chi connectivity index (χ4v) is 3.91. The maximum atomic E-state index is 6.35. The second kappa shape index (κ2) is 7.64. The molecule has 7 heteroatoms. The van der Waals surface area contributed by atoms with Gasteiger partial charge in [0.25, 0.3) is 0 Å². The third-order valence-electron chi connectivity index (χ3n) is 4.03. The summed E-state index contributed by atoms with van der Waals surface area (Å²) < 4.78 is 7.16. The van der Waals surface area contributed by atoms with Crippen LogP contribution < -0.4 is 10.1 Å². The molecule has 0 aliphatic rings. The summed E-state index contributed by atoms with van der Waals surface area (Å²) in [5.74, 6) is 0.640. The molecule has 1 N–H and O–H groups in total. The van der Waals surface area contributed by atoms with Gasteiger partial charge in [-0.2, -0.15) is 0 Å². The first-order valence-corrected chi connectivity index (χ1v) is 9.77. The minimum absolute atomic E-state index is 0.549. The van der Waals surface area contributed by atoms with Crippen LogP contribution in [0, 0.1) is 0 Å². The van der Waals surface area contributed by atoms with Gasteiger partial charge in [0.15, 0.2) is 5.13 Å². The van der Waals surface area contributed by atoms with E-state index in [1.807, 2.05) is 70.9 Å². The minimum atomic E-state index is 0.549. The maximum absolute atomic E-state index is 6.35. The highest BCUT2D eigenvalue weighted by Crippen LogP contribution is 2.33. The Kier molecular flexibility index (Phi) is 5.07. The number of ether oxygens (including phenoxy) is 1. The van der Waals surface area contributed by atoms with Crippen molar-refractivity contribution in [1.29, 1.82) is 0 Å². The number of rotatable bonds is 5. The topological polar surface area (TPSA) is 39.1 Å². The monoisotopic (exact) mass is 415 g/mol. The summed E-state index contributed by atoms with van der Waals surface area (Å²) in [6.07, 6.45) is 3.93. The van der Waals surface area contributed by atoms with E-state index >= 15 is 0 Å². The SMILES string of the molecule is COc1ccc(Nc2nc(-c3ccc(Cl)c(-n4cccc4)c3)cs2)cc1Cl. The summed E-state index contributed by atoms with van der Waals surface area (Å²) in [6.45, 7) is 0. The third kappa shape index (κ3) is 3.81. The maximum Gasteiger partial charge on any atom is 0.187 e. The van der Waals surface area contributed by atoms with Gasteiger partial charge in [-0.25, -0.2) is 4.98 Å². The highest BCUT2D eigenvalue weighted by atomic mass is 35.5. The highest BCUT2D eigenvalue weighted by molar-refractivity contribution is 7.14. The Bertz CT molecular complexity index is 1080. The lowest BCUT2D eigenvalue weighted by molar-refractivity contribution is 0.415. The van der Waals surface area contributed by atoms with Crippen LogP contribution in [0.25, 0.3) is 16.9 Å². The quantitative estimate of drug-likeness (QED) is 0.395. The predicted molar refractivity (Wildman–Crippen MR) is 113 cm³/mol. The van der Waals surface area contributed by atoms with Crippen LogP contribution in [-0.4, -0.2) is 16.7 Å². The van der Waals surface area contributed by atoms with Gasteiger partial charge in [-0.15, -0.1) is 11.3 Å². The number of thiazole rings is 1. The first kappa shape index (κ1) is 17.9. The van der Waals surface area contributed by atoms with E-state index < -0.39 is 0 Å². The largest absolute Gasteiger partial charge is 0.495 e. The van der Waals surface area contributed by atoms with E-state index in [1.54, 1.807) is 7.11 Å². The van der Waals surface area contributed by atoms with Crippen molar-refractivity contribution in [3.8, 4) is 22.7 Å². The van der Waals surface area contributed by atoms with Crippen LogP contribution in [-0.2, 0) is 0 Å². The smallest absolute Gasteiger partial charge is 0.187 e. The molecule has 0 spiro atoms. The number of aromatic nitrogens is 2. The van der Waals surface area contributed by atoms with E-state index in [1.165, 1.54) is 11.3 Å². The molecule has 0 saturated carbocycles. The van der Waals surface area contributed by atoms with Gasteiger partial charge in [-0.05, 0) is 42.5 Å². The van der Waals surface area contributed by atoms with Gasteiger partial charge in [-0.1, -0.05) is 29.3 Å². The summed E-state index contributed by atoms with van der Waals surface area (Å²) in [4.78, 5) is 4.68. The van der Waals surface area contributed by atoms with Crippen LogP contribution in [0.15, 0.2) is 66.3 Å². The molecule has 2 heterocycles. The molecule has 0 amide bonds. The summed E-state index contributed by atoms with van der Waals surface area (Å²) in [5, 5.41) is 7.31. The number of hydrogen-bond donors (Lipinski definition) is 1. The van der Waals surface area contributed by atoms with E-state index in [9.17, 15) is 0 Å². The molecular formula is C20H15Cl2N3OS. The summed E-state index contributed by atoms with van der Waals surface area (Å²) in [7, 11) is 1.59. The molecular weight excluding hydrogens is 401 g/mol. The van der Waals surface area contributed by atoms with Crippen LogP contribution in [0.2, 0.25) is 10.0 Å². The molecule has 0 saturated heterocycles. The van der Waals surface area contributed by atoms with Gasteiger partial charge in [0.05, 0.1) is 28.5 Å². The number of nitrogens with one attached hydrogen (secondary N) is 1. The molecule has 27 heavy (non-hydrogen) atoms. The number of methoxy groups -OCH3 is 1. The number of anilines is 2. The van der Waals surface area contributed by atoms with Crippen molar-refractivity contribution < 1.29 is 4.74 Å². The molecule has 0 fully saturated rings.